The molecule has 7 aliphatic heterocycles. The molecule has 11 nitrogen and oxygen atoms in total. The third-order valence-corrected chi connectivity index (χ3v) is 18.2. The molecule has 0 saturated heterocycles. The van der Waals surface area contributed by atoms with Crippen LogP contribution in [0.2, 0.25) is 0 Å². The first-order valence-electron chi connectivity index (χ1n) is 32.2. The van der Waals surface area contributed by atoms with Gasteiger partial charge in [0, 0.05) is 54.6 Å². The van der Waals surface area contributed by atoms with Gasteiger partial charge in [-0.05, 0) is 164 Å². The Morgan fingerprint density at radius 2 is 0.944 bits per heavy atom. The second-order valence-corrected chi connectivity index (χ2v) is 26.5. The minimum Gasteiger partial charge on any atom is -0.497 e. The summed E-state index contributed by atoms with van der Waals surface area (Å²) < 4.78 is 43.9. The number of anilines is 1. The van der Waals surface area contributed by atoms with Crippen LogP contribution in [0, 0.1) is 6.92 Å². The Bertz CT molecular complexity index is 3290. The van der Waals surface area contributed by atoms with Crippen molar-refractivity contribution in [3.05, 3.63) is 207 Å². The number of ether oxygens (including phenoxy) is 8. The van der Waals surface area contributed by atoms with Gasteiger partial charge in [0.25, 0.3) is 0 Å². The topological polar surface area (TPSA) is 118 Å². The number of aliphatic hydroxyl groups excluding tert-OH is 2. The number of hydrogen-bond acceptors (Lipinski definition) is 11. The molecule has 0 spiro atoms. The molecule has 89 heavy (non-hydrogen) atoms. The van der Waals surface area contributed by atoms with Crippen molar-refractivity contribution in [1.82, 2.24) is 0 Å². The second-order valence-electron chi connectivity index (χ2n) is 26.5. The predicted molar refractivity (Wildman–Crippen MR) is 361 cm³/mol. The third-order valence-electron chi connectivity index (χ3n) is 18.2. The molecule has 7 heterocycles. The number of hydrogen-bond donors (Lipinski definition) is 2. The number of aryl methyl sites for hydroxylation is 1. The first-order valence-corrected chi connectivity index (χ1v) is 32.2. The van der Waals surface area contributed by atoms with Crippen LogP contribution < -0.4 is 33.3 Å². The first kappa shape index (κ1) is 67.9. The number of nitrogens with zero attached hydrogens (tertiary/aromatic N) is 1. The lowest BCUT2D eigenvalue weighted by Gasteiger charge is -2.36. The lowest BCUT2D eigenvalue weighted by atomic mass is 9.86. The van der Waals surface area contributed by atoms with Gasteiger partial charge in [-0.2, -0.15) is 0 Å². The molecule has 0 saturated carbocycles. The van der Waals surface area contributed by atoms with Gasteiger partial charge < -0.3 is 53.0 Å². The van der Waals surface area contributed by atoms with Crippen LogP contribution in [-0.4, -0.2) is 87.9 Å². The van der Waals surface area contributed by atoms with E-state index in [-0.39, 0.29) is 35.2 Å². The molecular formula is C78H101NO10. The van der Waals surface area contributed by atoms with E-state index < -0.39 is 0 Å². The van der Waals surface area contributed by atoms with Crippen LogP contribution in [0.3, 0.4) is 0 Å². The van der Waals surface area contributed by atoms with E-state index in [1.807, 2.05) is 86.6 Å². The quantitative estimate of drug-likeness (QED) is 0.172. The molecule has 0 amide bonds. The summed E-state index contributed by atoms with van der Waals surface area (Å²) in [5.41, 5.74) is 14.6. The van der Waals surface area contributed by atoms with Crippen molar-refractivity contribution in [2.45, 2.75) is 180 Å². The summed E-state index contributed by atoms with van der Waals surface area (Å²) in [6, 6.07) is 51.6. The fourth-order valence-electron chi connectivity index (χ4n) is 13.0. The van der Waals surface area contributed by atoms with Crippen molar-refractivity contribution >= 4 is 5.69 Å². The van der Waals surface area contributed by atoms with Crippen LogP contribution >= 0.6 is 0 Å². The highest BCUT2D eigenvalue weighted by Crippen LogP contribution is 2.44. The van der Waals surface area contributed by atoms with Gasteiger partial charge in [0.15, 0.2) is 0 Å². The highest BCUT2D eigenvalue weighted by atomic mass is 16.5. The standard InChI is InChI=1S/2C13H18O2.C11H15N.C11H14O.2C10H12O2.C10H12O/c1-9-8-13(2,3)15-12-6-5-10(14-4)7-11(9)12;1-9-8-13(2,3)15-12-7-10(14-4)5-6-11(9)12;1-9-7-8-12(2)11-6-4-3-5-10(9)11;1-8-4-3-5-10-9(2)6-12-7-11(8)10;2*1-7-8-4-2-3-5-10(8)12-6-9(7)11;1-8-6-11-7-9-4-2-3-5-10(8)9/h2*5-7,9H,8H2,1-4H3;3-6,9H,7-8H2,1-2H3;3-5,9H,6-7H2,1-2H3;2*2-5,7,9,11H,6H2,1H3;2-5,8H,6-7H2,1H3/t;;;;2*7?,9-;/m....10./s1. The monoisotopic (exact) mass is 1210 g/mol. The van der Waals surface area contributed by atoms with Gasteiger partial charge in [0.05, 0.1) is 52.9 Å². The Hall–Kier alpha value is -7.02. The van der Waals surface area contributed by atoms with E-state index in [4.69, 9.17) is 37.9 Å². The van der Waals surface area contributed by atoms with Crippen LogP contribution in [0.15, 0.2) is 152 Å². The van der Waals surface area contributed by atoms with Crippen molar-refractivity contribution in [3.8, 4) is 34.5 Å². The minimum atomic E-state index is -0.361. The van der Waals surface area contributed by atoms with E-state index in [9.17, 15) is 10.2 Å². The van der Waals surface area contributed by atoms with E-state index in [1.54, 1.807) is 14.2 Å². The molecule has 11 heteroatoms. The fraction of sp³-hybridized carbons (Fsp3) is 0.462. The van der Waals surface area contributed by atoms with Gasteiger partial charge in [-0.15, -0.1) is 0 Å². The zero-order valence-corrected chi connectivity index (χ0v) is 55.8. The lowest BCUT2D eigenvalue weighted by molar-refractivity contribution is 0.0713. The Morgan fingerprint density at radius 3 is 1.53 bits per heavy atom. The Labute approximate surface area is 532 Å². The predicted octanol–water partition coefficient (Wildman–Crippen LogP) is 17.4. The van der Waals surface area contributed by atoms with Crippen LogP contribution in [-0.2, 0) is 22.7 Å². The largest absolute Gasteiger partial charge is 0.497 e. The number of methoxy groups -OCH3 is 2. The first-order chi connectivity index (χ1) is 42.6. The Morgan fingerprint density at radius 1 is 0.449 bits per heavy atom. The summed E-state index contributed by atoms with van der Waals surface area (Å²) in [6.07, 6.45) is 2.67. The molecule has 7 unspecified atom stereocenters. The van der Waals surface area contributed by atoms with Gasteiger partial charge in [-0.25, -0.2) is 0 Å². The van der Waals surface area contributed by atoms with Gasteiger partial charge in [-0.3, -0.25) is 0 Å². The van der Waals surface area contributed by atoms with Crippen molar-refractivity contribution in [2.75, 3.05) is 59.1 Å². The zero-order valence-electron chi connectivity index (χ0n) is 55.8. The van der Waals surface area contributed by atoms with E-state index in [0.717, 1.165) is 90.8 Å². The molecule has 7 aromatic rings. The van der Waals surface area contributed by atoms with Crippen LogP contribution in [0.25, 0.3) is 0 Å². The molecule has 478 valence electrons. The summed E-state index contributed by atoms with van der Waals surface area (Å²) in [5, 5.41) is 19.0. The molecule has 7 aromatic carbocycles. The van der Waals surface area contributed by atoms with Gasteiger partial charge >= 0.3 is 0 Å². The maximum absolute atomic E-state index is 9.50. The van der Waals surface area contributed by atoms with Gasteiger partial charge in [0.1, 0.15) is 58.9 Å². The molecular weight excluding hydrogens is 1110 g/mol. The number of benzene rings is 7. The SMILES string of the molecule is CC1CCN(C)c2ccccc21.CC1COCc2ccccc21.CC1c2ccccc2OC[C@@H]1O.CC1c2ccccc2OC[C@H]1O.COc1ccc2c(c1)C(C)CC(C)(C)O2.COc1ccc2c(c1)OC(C)(C)CC2C.Cc1cccc2c1COCC2C. The summed E-state index contributed by atoms with van der Waals surface area (Å²) in [4.78, 5) is 2.34. The third kappa shape index (κ3) is 17.9. The maximum Gasteiger partial charge on any atom is 0.127 e. The molecule has 14 rings (SSSR count). The molecule has 0 aliphatic carbocycles. The average molecular weight is 1210 g/mol. The molecule has 9 atom stereocenters. The average Bonchev–Trinajstić information content (AvgIpc) is 3.59. The highest BCUT2D eigenvalue weighted by Gasteiger charge is 2.33. The van der Waals surface area contributed by atoms with Crippen LogP contribution in [0.4, 0.5) is 5.69 Å². The number of rotatable bonds is 2. The van der Waals surface area contributed by atoms with E-state index >= 15 is 0 Å². The van der Waals surface area contributed by atoms with Crippen molar-refractivity contribution in [3.63, 3.8) is 0 Å². The zero-order chi connectivity index (χ0) is 64.0. The molecule has 0 fully saturated rings. The fourth-order valence-corrected chi connectivity index (χ4v) is 13.0. The maximum atomic E-state index is 9.50. The lowest BCUT2D eigenvalue weighted by Crippen LogP contribution is -2.34. The molecule has 0 aromatic heterocycles. The van der Waals surface area contributed by atoms with Gasteiger partial charge in [0.2, 0.25) is 0 Å². The smallest absolute Gasteiger partial charge is 0.127 e. The van der Waals surface area contributed by atoms with Crippen LogP contribution in [0.5, 0.6) is 34.5 Å². The molecule has 0 radical (unpaired) electrons. The van der Waals surface area contributed by atoms with E-state index in [2.05, 4.69) is 160 Å². The molecule has 0 bridgehead atoms. The Balaban J connectivity index is 0.000000135. The highest BCUT2D eigenvalue weighted by molar-refractivity contribution is 5.56. The number of para-hydroxylation sites is 3. The molecule has 2 N–H and O–H groups in total. The molecule has 7 aliphatic rings. The summed E-state index contributed by atoms with van der Waals surface area (Å²) >= 11 is 0. The summed E-state index contributed by atoms with van der Waals surface area (Å²) in [5.74, 6) is 8.88. The van der Waals surface area contributed by atoms with Crippen molar-refractivity contribution < 1.29 is 48.1 Å². The van der Waals surface area contributed by atoms with E-state index in [0.29, 0.717) is 36.9 Å². The van der Waals surface area contributed by atoms with E-state index in [1.165, 1.54) is 63.2 Å². The normalized spacial score (nSPS) is 23.9. The van der Waals surface area contributed by atoms with Gasteiger partial charge in [-0.1, -0.05) is 152 Å². The van der Waals surface area contributed by atoms with Crippen molar-refractivity contribution in [1.29, 1.82) is 0 Å². The Kier molecular flexibility index (Phi) is 23.8. The van der Waals surface area contributed by atoms with Crippen molar-refractivity contribution in [2.24, 2.45) is 0 Å². The summed E-state index contributed by atoms with van der Waals surface area (Å²) in [7, 11) is 5.55. The number of fused-ring (bicyclic) bond motifs is 7. The minimum absolute atomic E-state index is 0.0546. The summed E-state index contributed by atoms with van der Waals surface area (Å²) in [6.45, 7) is 31.3. The second kappa shape index (κ2) is 31.1. The van der Waals surface area contributed by atoms with Crippen LogP contribution in [0.1, 0.15) is 192 Å². The number of aliphatic hydroxyl groups is 2.